The van der Waals surface area contributed by atoms with Crippen LogP contribution >= 0.6 is 22.6 Å². The number of carbonyl (C=O) groups excluding carboxylic acids is 1. The largest absolute Gasteiger partial charge is 0.507 e. The third-order valence-corrected chi connectivity index (χ3v) is 5.94. The fraction of sp³-hybridized carbons (Fsp3) is 0.417. The molecule has 104 valence electrons. The van der Waals surface area contributed by atoms with Gasteiger partial charge in [0.2, 0.25) is 0 Å². The number of halogens is 1. The van der Waals surface area contributed by atoms with E-state index in [9.17, 15) is 18.3 Å². The van der Waals surface area contributed by atoms with Gasteiger partial charge in [0.25, 0.3) is 5.91 Å². The van der Waals surface area contributed by atoms with E-state index in [0.717, 1.165) is 0 Å². The number of aromatic hydroxyl groups is 1. The lowest BCUT2D eigenvalue weighted by Crippen LogP contribution is -2.46. The molecular formula is C12H14INO4S. The van der Waals surface area contributed by atoms with Gasteiger partial charge in [0.05, 0.1) is 20.6 Å². The molecule has 0 bridgehead atoms. The van der Waals surface area contributed by atoms with Crippen LogP contribution in [0.25, 0.3) is 0 Å². The third kappa shape index (κ3) is 3.38. The van der Waals surface area contributed by atoms with Crippen molar-refractivity contribution in [2.75, 3.05) is 11.5 Å². The van der Waals surface area contributed by atoms with Crippen LogP contribution in [0.3, 0.4) is 0 Å². The van der Waals surface area contributed by atoms with Gasteiger partial charge in [0.1, 0.15) is 5.75 Å². The van der Waals surface area contributed by atoms with E-state index >= 15 is 0 Å². The van der Waals surface area contributed by atoms with Gasteiger partial charge in [-0.1, -0.05) is 0 Å². The van der Waals surface area contributed by atoms with Crippen molar-refractivity contribution in [2.24, 2.45) is 0 Å². The van der Waals surface area contributed by atoms with Crippen LogP contribution in [0.1, 0.15) is 23.7 Å². The Morgan fingerprint density at radius 2 is 2.16 bits per heavy atom. The molecule has 1 aliphatic heterocycles. The molecule has 0 saturated carbocycles. The lowest BCUT2D eigenvalue weighted by Gasteiger charge is -2.23. The zero-order valence-electron chi connectivity index (χ0n) is 10.3. The first-order chi connectivity index (χ1) is 8.71. The minimum Gasteiger partial charge on any atom is -0.507 e. The first kappa shape index (κ1) is 14.6. The number of phenols is 1. The van der Waals surface area contributed by atoms with Crippen LogP contribution in [-0.2, 0) is 9.84 Å². The highest BCUT2D eigenvalue weighted by atomic mass is 127. The number of hydrogen-bond acceptors (Lipinski definition) is 4. The first-order valence-corrected chi connectivity index (χ1v) is 8.62. The van der Waals surface area contributed by atoms with Crippen LogP contribution < -0.4 is 5.32 Å². The van der Waals surface area contributed by atoms with Crippen molar-refractivity contribution in [3.05, 3.63) is 27.3 Å². The smallest absolute Gasteiger partial charge is 0.251 e. The van der Waals surface area contributed by atoms with Gasteiger partial charge in [0, 0.05) is 5.56 Å². The number of carbonyl (C=O) groups is 1. The van der Waals surface area contributed by atoms with E-state index in [1.54, 1.807) is 19.1 Å². The Hall–Kier alpha value is -0.830. The molecule has 1 atom stereocenters. The van der Waals surface area contributed by atoms with Crippen LogP contribution in [0.2, 0.25) is 0 Å². The van der Waals surface area contributed by atoms with Gasteiger partial charge in [0.15, 0.2) is 9.84 Å². The van der Waals surface area contributed by atoms with Gasteiger partial charge in [-0.25, -0.2) is 8.42 Å². The summed E-state index contributed by atoms with van der Waals surface area (Å²) in [6, 6.07) is 4.62. The minimum absolute atomic E-state index is 0.0393. The quantitative estimate of drug-likeness (QED) is 0.740. The Bertz CT molecular complexity index is 629. The van der Waals surface area contributed by atoms with E-state index in [0.29, 0.717) is 15.6 Å². The maximum atomic E-state index is 12.1. The van der Waals surface area contributed by atoms with Crippen LogP contribution in [0.15, 0.2) is 18.2 Å². The number of phenolic OH excluding ortho intramolecular Hbond substituents is 1. The Morgan fingerprint density at radius 3 is 2.68 bits per heavy atom. The standard InChI is InChI=1S/C12H14INO4S/c1-12(4-5-19(17,18)7-12)14-11(16)8-2-3-9(13)10(15)6-8/h2-3,6,15H,4-5,7H2,1H3,(H,14,16). The molecule has 1 amide bonds. The summed E-state index contributed by atoms with van der Waals surface area (Å²) in [5.41, 5.74) is -0.405. The summed E-state index contributed by atoms with van der Waals surface area (Å²) in [6.45, 7) is 1.72. The van der Waals surface area contributed by atoms with Crippen molar-refractivity contribution in [3.8, 4) is 5.75 Å². The first-order valence-electron chi connectivity index (χ1n) is 5.72. The molecule has 0 spiro atoms. The lowest BCUT2D eigenvalue weighted by molar-refractivity contribution is 0.0915. The molecule has 19 heavy (non-hydrogen) atoms. The van der Waals surface area contributed by atoms with Gasteiger partial charge in [-0.2, -0.15) is 0 Å². The van der Waals surface area contributed by atoms with E-state index in [-0.39, 0.29) is 23.2 Å². The number of amides is 1. The van der Waals surface area contributed by atoms with Gasteiger partial charge in [-0.3, -0.25) is 4.79 Å². The number of nitrogens with one attached hydrogen (secondary N) is 1. The predicted octanol–water partition coefficient (Wildman–Crippen LogP) is 1.30. The van der Waals surface area contributed by atoms with Crippen molar-refractivity contribution in [1.29, 1.82) is 0 Å². The van der Waals surface area contributed by atoms with Crippen LogP contribution in [-0.4, -0.2) is 36.5 Å². The van der Waals surface area contributed by atoms with Crippen LogP contribution in [0.5, 0.6) is 5.75 Å². The van der Waals surface area contributed by atoms with Crippen LogP contribution in [0.4, 0.5) is 0 Å². The minimum atomic E-state index is -3.06. The molecule has 2 rings (SSSR count). The highest BCUT2D eigenvalue weighted by Crippen LogP contribution is 2.24. The number of sulfone groups is 1. The average molecular weight is 395 g/mol. The van der Waals surface area contributed by atoms with E-state index in [4.69, 9.17) is 0 Å². The Balaban J connectivity index is 2.15. The third-order valence-electron chi connectivity index (χ3n) is 3.13. The summed E-state index contributed by atoms with van der Waals surface area (Å²) in [7, 11) is -3.06. The number of benzene rings is 1. The summed E-state index contributed by atoms with van der Waals surface area (Å²) in [5.74, 6) is -0.271. The van der Waals surface area contributed by atoms with E-state index < -0.39 is 15.4 Å². The fourth-order valence-electron chi connectivity index (χ4n) is 2.11. The molecule has 1 saturated heterocycles. The van der Waals surface area contributed by atoms with Crippen LogP contribution in [0, 0.1) is 3.57 Å². The van der Waals surface area contributed by atoms with Gasteiger partial charge < -0.3 is 10.4 Å². The van der Waals surface area contributed by atoms with Gasteiger partial charge in [-0.15, -0.1) is 0 Å². The molecule has 1 fully saturated rings. The molecule has 1 aliphatic rings. The second kappa shape index (κ2) is 4.93. The summed E-state index contributed by atoms with van der Waals surface area (Å²) < 4.78 is 23.6. The fourth-order valence-corrected chi connectivity index (χ4v) is 4.54. The zero-order chi connectivity index (χ0) is 14.3. The summed E-state index contributed by atoms with van der Waals surface area (Å²) in [4.78, 5) is 12.1. The molecule has 1 unspecified atom stereocenters. The molecule has 7 heteroatoms. The van der Waals surface area contributed by atoms with Crippen molar-refractivity contribution >= 4 is 38.3 Å². The normalized spacial score (nSPS) is 25.2. The summed E-state index contributed by atoms with van der Waals surface area (Å²) in [6.07, 6.45) is 0.414. The average Bonchev–Trinajstić information content (AvgIpc) is 2.56. The van der Waals surface area contributed by atoms with E-state index in [2.05, 4.69) is 5.32 Å². The molecule has 0 radical (unpaired) electrons. The molecule has 2 N–H and O–H groups in total. The molecule has 1 heterocycles. The van der Waals surface area contributed by atoms with Crippen molar-refractivity contribution < 1.29 is 18.3 Å². The lowest BCUT2D eigenvalue weighted by atomic mass is 10.0. The van der Waals surface area contributed by atoms with Crippen molar-refractivity contribution in [2.45, 2.75) is 18.9 Å². The number of hydrogen-bond donors (Lipinski definition) is 2. The Kier molecular flexibility index (Phi) is 3.78. The second-order valence-electron chi connectivity index (χ2n) is 5.02. The van der Waals surface area contributed by atoms with Gasteiger partial charge >= 0.3 is 0 Å². The number of rotatable bonds is 2. The summed E-state index contributed by atoms with van der Waals surface area (Å²) in [5, 5.41) is 12.3. The van der Waals surface area contributed by atoms with Crippen molar-refractivity contribution in [1.82, 2.24) is 5.32 Å². The monoisotopic (exact) mass is 395 g/mol. The molecule has 5 nitrogen and oxygen atoms in total. The summed E-state index contributed by atoms with van der Waals surface area (Å²) >= 11 is 1.96. The zero-order valence-corrected chi connectivity index (χ0v) is 13.3. The second-order valence-corrected chi connectivity index (χ2v) is 8.37. The molecule has 0 aliphatic carbocycles. The molecule has 1 aromatic rings. The van der Waals surface area contributed by atoms with E-state index in [1.165, 1.54) is 6.07 Å². The molecular weight excluding hydrogens is 381 g/mol. The van der Waals surface area contributed by atoms with Gasteiger partial charge in [-0.05, 0) is 54.1 Å². The highest BCUT2D eigenvalue weighted by molar-refractivity contribution is 14.1. The molecule has 0 aromatic heterocycles. The predicted molar refractivity (Wildman–Crippen MR) is 80.0 cm³/mol. The SMILES string of the molecule is CC1(NC(=O)c2ccc(I)c(O)c2)CCS(=O)(=O)C1. The maximum Gasteiger partial charge on any atom is 0.251 e. The Morgan fingerprint density at radius 1 is 1.47 bits per heavy atom. The maximum absolute atomic E-state index is 12.1. The Labute approximate surface area is 125 Å². The highest BCUT2D eigenvalue weighted by Gasteiger charge is 2.39. The topological polar surface area (TPSA) is 83.5 Å². The van der Waals surface area contributed by atoms with E-state index in [1.807, 2.05) is 22.6 Å². The van der Waals surface area contributed by atoms with Crippen molar-refractivity contribution in [3.63, 3.8) is 0 Å². The molecule has 1 aromatic carbocycles.